The van der Waals surface area contributed by atoms with E-state index in [1.807, 2.05) is 12.1 Å². The Morgan fingerprint density at radius 1 is 1.53 bits per heavy atom. The number of nitrogens with two attached hydrogens (primary N) is 1. The quantitative estimate of drug-likeness (QED) is 0.820. The minimum absolute atomic E-state index is 0.239. The molecule has 3 N–H and O–H groups in total. The Balaban J connectivity index is 2.75. The van der Waals surface area contributed by atoms with Crippen molar-refractivity contribution in [1.82, 2.24) is 0 Å². The van der Waals surface area contributed by atoms with Crippen molar-refractivity contribution < 1.29 is 5.11 Å². The third-order valence-electron chi connectivity index (χ3n) is 2.11. The number of aliphatic hydroxyl groups is 1. The zero-order valence-electron chi connectivity index (χ0n) is 8.74. The molecule has 0 spiro atoms. The van der Waals surface area contributed by atoms with E-state index in [-0.39, 0.29) is 6.61 Å². The summed E-state index contributed by atoms with van der Waals surface area (Å²) in [5.41, 5.74) is 6.84. The minimum atomic E-state index is 0.239. The van der Waals surface area contributed by atoms with Crippen molar-refractivity contribution >= 4 is 27.7 Å². The molecule has 0 aliphatic rings. The normalized spacial score (nSPS) is 12.8. The van der Waals surface area contributed by atoms with Gasteiger partial charge in [-0.2, -0.15) is 0 Å². The second-order valence-corrected chi connectivity index (χ2v) is 5.79. The van der Waals surface area contributed by atoms with Crippen LogP contribution in [-0.2, 0) is 6.54 Å². The molecule has 0 aliphatic heterocycles. The average molecular weight is 290 g/mol. The molecule has 0 aliphatic carbocycles. The van der Waals surface area contributed by atoms with E-state index >= 15 is 0 Å². The highest BCUT2D eigenvalue weighted by molar-refractivity contribution is 9.10. The van der Waals surface area contributed by atoms with Gasteiger partial charge in [0, 0.05) is 27.8 Å². The van der Waals surface area contributed by atoms with Crippen molar-refractivity contribution in [3.8, 4) is 0 Å². The Morgan fingerprint density at radius 3 is 2.87 bits per heavy atom. The van der Waals surface area contributed by atoms with E-state index in [0.29, 0.717) is 11.8 Å². The molecular formula is C11H16BrNOS. The smallest absolute Gasteiger partial charge is 0.0441 e. The van der Waals surface area contributed by atoms with Crippen LogP contribution < -0.4 is 5.73 Å². The van der Waals surface area contributed by atoms with Crippen molar-refractivity contribution in [2.45, 2.75) is 30.0 Å². The highest BCUT2D eigenvalue weighted by atomic mass is 79.9. The summed E-state index contributed by atoms with van der Waals surface area (Å²) in [5, 5.41) is 9.26. The van der Waals surface area contributed by atoms with E-state index in [4.69, 9.17) is 10.8 Å². The zero-order chi connectivity index (χ0) is 11.3. The molecule has 0 fully saturated rings. The highest BCUT2D eigenvalue weighted by Gasteiger charge is 2.07. The molecule has 0 radical (unpaired) electrons. The Labute approximate surface area is 103 Å². The standard InChI is InChI=1S/C11H16BrNOS/c1-8(4-5-14)15-11-3-2-10(12)6-9(11)7-13/h2-3,6,8,14H,4-5,7,13H2,1H3. The van der Waals surface area contributed by atoms with E-state index < -0.39 is 0 Å². The van der Waals surface area contributed by atoms with Gasteiger partial charge < -0.3 is 10.8 Å². The first-order valence-corrected chi connectivity index (χ1v) is 6.60. The number of hydrogen-bond donors (Lipinski definition) is 2. The molecule has 1 aromatic carbocycles. The number of halogens is 1. The van der Waals surface area contributed by atoms with Crippen LogP contribution in [-0.4, -0.2) is 17.0 Å². The van der Waals surface area contributed by atoms with Gasteiger partial charge in [0.2, 0.25) is 0 Å². The molecule has 1 aromatic rings. The Morgan fingerprint density at radius 2 is 2.27 bits per heavy atom. The summed E-state index contributed by atoms with van der Waals surface area (Å²) in [7, 11) is 0. The number of aliphatic hydroxyl groups excluding tert-OH is 1. The van der Waals surface area contributed by atoms with Gasteiger partial charge in [-0.05, 0) is 30.2 Å². The maximum atomic E-state index is 8.84. The van der Waals surface area contributed by atoms with E-state index in [1.54, 1.807) is 11.8 Å². The average Bonchev–Trinajstić information content (AvgIpc) is 2.21. The number of thioether (sulfide) groups is 1. The van der Waals surface area contributed by atoms with Gasteiger partial charge in [-0.1, -0.05) is 22.9 Å². The fourth-order valence-corrected chi connectivity index (χ4v) is 2.79. The van der Waals surface area contributed by atoms with Gasteiger partial charge in [0.25, 0.3) is 0 Å². The summed E-state index contributed by atoms with van der Waals surface area (Å²) in [4.78, 5) is 1.21. The molecule has 0 amide bonds. The lowest BCUT2D eigenvalue weighted by atomic mass is 10.2. The fourth-order valence-electron chi connectivity index (χ4n) is 1.28. The van der Waals surface area contributed by atoms with Crippen LogP contribution in [0.3, 0.4) is 0 Å². The number of hydrogen-bond acceptors (Lipinski definition) is 3. The van der Waals surface area contributed by atoms with E-state index in [1.165, 1.54) is 4.90 Å². The predicted molar refractivity (Wildman–Crippen MR) is 69.1 cm³/mol. The van der Waals surface area contributed by atoms with Gasteiger partial charge in [0.1, 0.15) is 0 Å². The topological polar surface area (TPSA) is 46.2 Å². The van der Waals surface area contributed by atoms with Crippen LogP contribution in [0.15, 0.2) is 27.6 Å². The molecule has 15 heavy (non-hydrogen) atoms. The summed E-state index contributed by atoms with van der Waals surface area (Å²) in [6.45, 7) is 2.90. The maximum absolute atomic E-state index is 8.84. The molecule has 1 rings (SSSR count). The molecule has 0 bridgehead atoms. The molecule has 1 unspecified atom stereocenters. The van der Waals surface area contributed by atoms with Crippen molar-refractivity contribution in [3.63, 3.8) is 0 Å². The Hall–Kier alpha value is -0.0300. The molecule has 0 heterocycles. The monoisotopic (exact) mass is 289 g/mol. The van der Waals surface area contributed by atoms with Gasteiger partial charge in [0.05, 0.1) is 0 Å². The third kappa shape index (κ3) is 4.15. The lowest BCUT2D eigenvalue weighted by Gasteiger charge is -2.12. The Kier molecular flexibility index (Phi) is 5.68. The fraction of sp³-hybridized carbons (Fsp3) is 0.455. The third-order valence-corrected chi connectivity index (χ3v) is 3.89. The van der Waals surface area contributed by atoms with Crippen LogP contribution in [0.5, 0.6) is 0 Å². The van der Waals surface area contributed by atoms with Gasteiger partial charge in [-0.15, -0.1) is 11.8 Å². The van der Waals surface area contributed by atoms with Crippen LogP contribution in [0.2, 0.25) is 0 Å². The van der Waals surface area contributed by atoms with Crippen molar-refractivity contribution in [2.75, 3.05) is 6.61 Å². The van der Waals surface area contributed by atoms with Crippen molar-refractivity contribution in [2.24, 2.45) is 5.73 Å². The first-order valence-electron chi connectivity index (χ1n) is 4.93. The summed E-state index contributed by atoms with van der Waals surface area (Å²) in [6, 6.07) is 6.14. The van der Waals surface area contributed by atoms with Crippen molar-refractivity contribution in [1.29, 1.82) is 0 Å². The first-order chi connectivity index (χ1) is 7.17. The zero-order valence-corrected chi connectivity index (χ0v) is 11.1. The van der Waals surface area contributed by atoms with E-state index in [9.17, 15) is 0 Å². The second-order valence-electron chi connectivity index (χ2n) is 3.40. The largest absolute Gasteiger partial charge is 0.396 e. The summed E-state index contributed by atoms with van der Waals surface area (Å²) >= 11 is 5.20. The number of benzene rings is 1. The van der Waals surface area contributed by atoms with Gasteiger partial charge in [0.15, 0.2) is 0 Å². The molecule has 84 valence electrons. The molecule has 0 saturated heterocycles. The molecule has 0 saturated carbocycles. The molecule has 1 atom stereocenters. The van der Waals surface area contributed by atoms with Gasteiger partial charge in [-0.3, -0.25) is 0 Å². The predicted octanol–water partition coefficient (Wildman–Crippen LogP) is 2.77. The first kappa shape index (κ1) is 13.0. The second kappa shape index (κ2) is 6.53. The van der Waals surface area contributed by atoms with Crippen LogP contribution in [0.1, 0.15) is 18.9 Å². The number of rotatable bonds is 5. The summed E-state index contributed by atoms with van der Waals surface area (Å²) in [6.07, 6.45) is 0.810. The van der Waals surface area contributed by atoms with E-state index in [2.05, 4.69) is 28.9 Å². The SMILES string of the molecule is CC(CCO)Sc1ccc(Br)cc1CN. The maximum Gasteiger partial charge on any atom is 0.0441 e. The van der Waals surface area contributed by atoms with Gasteiger partial charge in [-0.25, -0.2) is 0 Å². The molecule has 2 nitrogen and oxygen atoms in total. The van der Waals surface area contributed by atoms with Crippen molar-refractivity contribution in [3.05, 3.63) is 28.2 Å². The van der Waals surface area contributed by atoms with Crippen LogP contribution >= 0.6 is 27.7 Å². The minimum Gasteiger partial charge on any atom is -0.396 e. The molecule has 4 heteroatoms. The molecular weight excluding hydrogens is 274 g/mol. The van der Waals surface area contributed by atoms with E-state index in [0.717, 1.165) is 16.5 Å². The van der Waals surface area contributed by atoms with Crippen LogP contribution in [0, 0.1) is 0 Å². The summed E-state index contributed by atoms with van der Waals surface area (Å²) < 4.78 is 1.06. The van der Waals surface area contributed by atoms with Crippen LogP contribution in [0.25, 0.3) is 0 Å². The molecule has 0 aromatic heterocycles. The highest BCUT2D eigenvalue weighted by Crippen LogP contribution is 2.30. The lowest BCUT2D eigenvalue weighted by Crippen LogP contribution is -2.03. The summed E-state index contributed by atoms with van der Waals surface area (Å²) in [5.74, 6) is 0. The van der Waals surface area contributed by atoms with Crippen LogP contribution in [0.4, 0.5) is 0 Å². The lowest BCUT2D eigenvalue weighted by molar-refractivity contribution is 0.289. The van der Waals surface area contributed by atoms with Gasteiger partial charge >= 0.3 is 0 Å². The Bertz CT molecular complexity index is 319.